The molecular formula is C14H19BrN2O7. The van der Waals surface area contributed by atoms with Crippen molar-refractivity contribution < 1.29 is 34.1 Å². The maximum atomic E-state index is 12.1. The fourth-order valence-corrected chi connectivity index (χ4v) is 2.32. The maximum absolute atomic E-state index is 12.1. The SMILES string of the molecule is CC(C)(C)OC(=O)N1C[C@@H](NC(=O)/C=C(/Br)C(=O)O)C[C@H]1C(=O)O. The molecule has 1 heterocycles. The van der Waals surface area contributed by atoms with Crippen LogP contribution in [0.2, 0.25) is 0 Å². The van der Waals surface area contributed by atoms with Crippen LogP contribution in [-0.4, -0.2) is 63.3 Å². The second-order valence-corrected chi connectivity index (χ2v) is 7.08. The normalized spacial score (nSPS) is 21.3. The highest BCUT2D eigenvalue weighted by Gasteiger charge is 2.42. The molecule has 1 rings (SSSR count). The van der Waals surface area contributed by atoms with Gasteiger partial charge in [0, 0.05) is 25.1 Å². The summed E-state index contributed by atoms with van der Waals surface area (Å²) in [5.41, 5.74) is -0.781. The van der Waals surface area contributed by atoms with Gasteiger partial charge in [-0.1, -0.05) is 0 Å². The highest BCUT2D eigenvalue weighted by atomic mass is 79.9. The van der Waals surface area contributed by atoms with Gasteiger partial charge in [0.1, 0.15) is 16.1 Å². The van der Waals surface area contributed by atoms with Crippen molar-refractivity contribution >= 4 is 39.9 Å². The number of carboxylic acid groups (broad SMARTS) is 2. The van der Waals surface area contributed by atoms with Gasteiger partial charge in [-0.3, -0.25) is 9.69 Å². The molecule has 0 unspecified atom stereocenters. The molecule has 134 valence electrons. The zero-order chi connectivity index (χ0) is 18.7. The van der Waals surface area contributed by atoms with E-state index in [0.29, 0.717) is 0 Å². The van der Waals surface area contributed by atoms with Gasteiger partial charge in [0.05, 0.1) is 0 Å². The van der Waals surface area contributed by atoms with Crippen LogP contribution < -0.4 is 5.32 Å². The van der Waals surface area contributed by atoms with Crippen molar-refractivity contribution in [3.63, 3.8) is 0 Å². The number of carboxylic acids is 2. The average Bonchev–Trinajstić information content (AvgIpc) is 2.80. The molecule has 0 spiro atoms. The standard InChI is InChI=1S/C14H19BrN2O7/c1-14(2,3)24-13(23)17-6-7(4-9(17)12(21)22)16-10(18)5-8(15)11(19)20/h5,7,9H,4,6H2,1-3H3,(H,16,18)(H,19,20)(H,21,22)/b8-5+/t7-,9-/m0/s1. The number of nitrogens with zero attached hydrogens (tertiary/aromatic N) is 1. The molecule has 0 radical (unpaired) electrons. The Hall–Kier alpha value is -2.10. The molecule has 0 aromatic rings. The molecule has 0 bridgehead atoms. The minimum Gasteiger partial charge on any atom is -0.480 e. The summed E-state index contributed by atoms with van der Waals surface area (Å²) in [7, 11) is 0. The van der Waals surface area contributed by atoms with Crippen LogP contribution in [0.5, 0.6) is 0 Å². The molecule has 2 atom stereocenters. The highest BCUT2D eigenvalue weighted by Crippen LogP contribution is 2.21. The van der Waals surface area contributed by atoms with Crippen LogP contribution in [-0.2, 0) is 19.1 Å². The van der Waals surface area contributed by atoms with E-state index in [1.54, 1.807) is 20.8 Å². The number of carbonyl (C=O) groups excluding carboxylic acids is 2. The fraction of sp³-hybridized carbons (Fsp3) is 0.571. The van der Waals surface area contributed by atoms with Crippen LogP contribution in [0.3, 0.4) is 0 Å². The van der Waals surface area contributed by atoms with Crippen molar-refractivity contribution in [1.82, 2.24) is 10.2 Å². The first-order valence-electron chi connectivity index (χ1n) is 7.04. The number of likely N-dealkylation sites (tertiary alicyclic amines) is 1. The molecule has 10 heteroatoms. The first-order chi connectivity index (χ1) is 10.9. The van der Waals surface area contributed by atoms with E-state index in [-0.39, 0.29) is 17.4 Å². The number of hydrogen-bond donors (Lipinski definition) is 3. The third-order valence-corrected chi connectivity index (χ3v) is 3.59. The van der Waals surface area contributed by atoms with Crippen molar-refractivity contribution in [2.24, 2.45) is 0 Å². The lowest BCUT2D eigenvalue weighted by molar-refractivity contribution is -0.142. The van der Waals surface area contributed by atoms with Crippen molar-refractivity contribution in [3.05, 3.63) is 10.6 Å². The van der Waals surface area contributed by atoms with Gasteiger partial charge < -0.3 is 20.3 Å². The molecule has 1 fully saturated rings. The number of halogens is 1. The van der Waals surface area contributed by atoms with E-state index in [2.05, 4.69) is 21.2 Å². The summed E-state index contributed by atoms with van der Waals surface area (Å²) in [4.78, 5) is 46.8. The molecule has 1 aliphatic heterocycles. The van der Waals surface area contributed by atoms with Crippen molar-refractivity contribution in [3.8, 4) is 0 Å². The zero-order valence-electron chi connectivity index (χ0n) is 13.4. The van der Waals surface area contributed by atoms with Crippen LogP contribution in [0.25, 0.3) is 0 Å². The average molecular weight is 407 g/mol. The Balaban J connectivity index is 2.79. The number of nitrogens with one attached hydrogen (secondary N) is 1. The lowest BCUT2D eigenvalue weighted by Crippen LogP contribution is -2.44. The zero-order valence-corrected chi connectivity index (χ0v) is 15.0. The van der Waals surface area contributed by atoms with Crippen molar-refractivity contribution in [2.75, 3.05) is 6.54 Å². The number of carbonyl (C=O) groups is 4. The topological polar surface area (TPSA) is 133 Å². The first kappa shape index (κ1) is 19.9. The van der Waals surface area contributed by atoms with Gasteiger partial charge >= 0.3 is 18.0 Å². The van der Waals surface area contributed by atoms with Crippen LogP contribution in [0.15, 0.2) is 10.6 Å². The Morgan fingerprint density at radius 2 is 1.83 bits per heavy atom. The largest absolute Gasteiger partial charge is 0.480 e. The van der Waals surface area contributed by atoms with Gasteiger partial charge in [-0.25, -0.2) is 14.4 Å². The Kier molecular flexibility index (Phi) is 6.35. The third-order valence-electron chi connectivity index (χ3n) is 3.02. The molecule has 0 aromatic carbocycles. The summed E-state index contributed by atoms with van der Waals surface area (Å²) in [5, 5.41) is 20.4. The summed E-state index contributed by atoms with van der Waals surface area (Å²) in [6.45, 7) is 4.93. The summed E-state index contributed by atoms with van der Waals surface area (Å²) in [6.07, 6.45) is 0.0431. The predicted molar refractivity (Wildman–Crippen MR) is 85.6 cm³/mol. The van der Waals surface area contributed by atoms with E-state index in [4.69, 9.17) is 9.84 Å². The molecule has 1 aliphatic rings. The van der Waals surface area contributed by atoms with Crippen LogP contribution >= 0.6 is 15.9 Å². The fourth-order valence-electron chi connectivity index (χ4n) is 2.12. The van der Waals surface area contributed by atoms with E-state index < -0.39 is 41.6 Å². The first-order valence-corrected chi connectivity index (χ1v) is 7.83. The molecule has 0 saturated carbocycles. The van der Waals surface area contributed by atoms with Gasteiger partial charge in [0.15, 0.2) is 0 Å². The van der Waals surface area contributed by atoms with E-state index in [0.717, 1.165) is 11.0 Å². The van der Waals surface area contributed by atoms with E-state index in [1.807, 2.05) is 0 Å². The van der Waals surface area contributed by atoms with Crippen LogP contribution in [0.1, 0.15) is 27.2 Å². The Morgan fingerprint density at radius 3 is 2.29 bits per heavy atom. The molecule has 0 aromatic heterocycles. The quantitative estimate of drug-likeness (QED) is 0.591. The van der Waals surface area contributed by atoms with Gasteiger partial charge in [0.25, 0.3) is 0 Å². The van der Waals surface area contributed by atoms with Crippen LogP contribution in [0.4, 0.5) is 4.79 Å². The lowest BCUT2D eigenvalue weighted by atomic mass is 10.1. The Morgan fingerprint density at radius 1 is 1.25 bits per heavy atom. The van der Waals surface area contributed by atoms with Crippen molar-refractivity contribution in [2.45, 2.75) is 44.9 Å². The number of ether oxygens (including phenoxy) is 1. The van der Waals surface area contributed by atoms with Gasteiger partial charge in [0.2, 0.25) is 5.91 Å². The lowest BCUT2D eigenvalue weighted by Gasteiger charge is -2.26. The van der Waals surface area contributed by atoms with Gasteiger partial charge in [-0.15, -0.1) is 0 Å². The van der Waals surface area contributed by atoms with E-state index in [9.17, 15) is 24.3 Å². The molecule has 9 nitrogen and oxygen atoms in total. The highest BCUT2D eigenvalue weighted by molar-refractivity contribution is 9.12. The predicted octanol–water partition coefficient (Wildman–Crippen LogP) is 0.929. The number of amides is 2. The molecule has 2 amide bonds. The smallest absolute Gasteiger partial charge is 0.411 e. The summed E-state index contributed by atoms with van der Waals surface area (Å²) < 4.78 is 4.83. The number of hydrogen-bond acceptors (Lipinski definition) is 5. The van der Waals surface area contributed by atoms with E-state index in [1.165, 1.54) is 0 Å². The van der Waals surface area contributed by atoms with E-state index >= 15 is 0 Å². The van der Waals surface area contributed by atoms with Gasteiger partial charge in [-0.05, 0) is 36.7 Å². The molecule has 24 heavy (non-hydrogen) atoms. The summed E-state index contributed by atoms with van der Waals surface area (Å²) >= 11 is 2.72. The molecule has 0 aliphatic carbocycles. The second-order valence-electron chi connectivity index (χ2n) is 6.23. The number of aliphatic carboxylic acids is 2. The molecule has 3 N–H and O–H groups in total. The van der Waals surface area contributed by atoms with Gasteiger partial charge in [-0.2, -0.15) is 0 Å². The number of rotatable bonds is 4. The molecular weight excluding hydrogens is 388 g/mol. The van der Waals surface area contributed by atoms with Crippen molar-refractivity contribution in [1.29, 1.82) is 0 Å². The Labute approximate surface area is 146 Å². The monoisotopic (exact) mass is 406 g/mol. The minimum atomic E-state index is -1.31. The third kappa shape index (κ3) is 5.84. The summed E-state index contributed by atoms with van der Waals surface area (Å²) in [5.74, 6) is -3.22. The molecule has 1 saturated heterocycles. The van der Waals surface area contributed by atoms with Crippen LogP contribution in [0, 0.1) is 0 Å². The second kappa shape index (κ2) is 7.65. The Bertz CT molecular complexity index is 582. The summed E-state index contributed by atoms with van der Waals surface area (Å²) in [6, 6.07) is -1.76. The maximum Gasteiger partial charge on any atom is 0.411 e. The minimum absolute atomic E-state index is 0.00114.